The normalized spacial score (nSPS) is 10.8. The number of esters is 1. The summed E-state index contributed by atoms with van der Waals surface area (Å²) in [4.78, 5) is 23.9. The lowest BCUT2D eigenvalue weighted by molar-refractivity contribution is 0.0735. The van der Waals surface area contributed by atoms with Crippen LogP contribution in [0.2, 0.25) is 0 Å². The van der Waals surface area contributed by atoms with E-state index >= 15 is 0 Å². The van der Waals surface area contributed by atoms with Crippen LogP contribution in [0.4, 0.5) is 0 Å². The van der Waals surface area contributed by atoms with Gasteiger partial charge in [0, 0.05) is 11.6 Å². The van der Waals surface area contributed by atoms with Gasteiger partial charge in [0.1, 0.15) is 11.5 Å². The molecule has 0 unspecified atom stereocenters. The van der Waals surface area contributed by atoms with Gasteiger partial charge in [-0.05, 0) is 42.8 Å². The molecule has 4 aromatic rings. The highest BCUT2D eigenvalue weighted by Crippen LogP contribution is 2.35. The summed E-state index contributed by atoms with van der Waals surface area (Å²) in [6, 6.07) is 17.8. The van der Waals surface area contributed by atoms with Crippen molar-refractivity contribution < 1.29 is 18.7 Å². The van der Waals surface area contributed by atoms with Gasteiger partial charge < -0.3 is 13.9 Å². The molecule has 0 aliphatic rings. The predicted molar refractivity (Wildman–Crippen MR) is 108 cm³/mol. The number of methoxy groups -OCH3 is 1. The van der Waals surface area contributed by atoms with Crippen LogP contribution >= 0.6 is 11.3 Å². The maximum atomic E-state index is 12.5. The van der Waals surface area contributed by atoms with Crippen molar-refractivity contribution >= 4 is 27.6 Å². The zero-order chi connectivity index (χ0) is 19.7. The molecule has 0 N–H and O–H groups in total. The van der Waals surface area contributed by atoms with Crippen LogP contribution in [-0.2, 0) is 0 Å². The largest absolute Gasteiger partial charge is 0.497 e. The summed E-state index contributed by atoms with van der Waals surface area (Å²) < 4.78 is 16.8. The number of carbonyl (C=O) groups is 1. The number of ether oxygens (including phenoxy) is 2. The van der Waals surface area contributed by atoms with E-state index in [4.69, 9.17) is 13.9 Å². The van der Waals surface area contributed by atoms with Crippen molar-refractivity contribution in [1.29, 1.82) is 0 Å². The van der Waals surface area contributed by atoms with Gasteiger partial charge in [0.15, 0.2) is 5.58 Å². The first kappa shape index (κ1) is 18.0. The minimum atomic E-state index is -0.466. The van der Waals surface area contributed by atoms with Gasteiger partial charge in [-0.25, -0.2) is 9.59 Å². The molecule has 0 amide bonds. The number of hydrogen-bond donors (Lipinski definition) is 0. The van der Waals surface area contributed by atoms with E-state index in [9.17, 15) is 9.59 Å². The Hall–Kier alpha value is -3.38. The van der Waals surface area contributed by atoms with Crippen molar-refractivity contribution in [3.63, 3.8) is 0 Å². The van der Waals surface area contributed by atoms with Crippen LogP contribution in [0.25, 0.3) is 21.4 Å². The van der Waals surface area contributed by atoms with Crippen LogP contribution < -0.4 is 14.4 Å². The topological polar surface area (TPSA) is 65.7 Å². The van der Waals surface area contributed by atoms with Crippen LogP contribution in [0.15, 0.2) is 69.9 Å². The van der Waals surface area contributed by atoms with E-state index in [1.54, 1.807) is 31.4 Å². The van der Waals surface area contributed by atoms with Gasteiger partial charge in [0.05, 0.1) is 17.4 Å². The second kappa shape index (κ2) is 7.32. The molecule has 5 nitrogen and oxygen atoms in total. The molecule has 0 fully saturated rings. The first-order valence-electron chi connectivity index (χ1n) is 8.54. The van der Waals surface area contributed by atoms with E-state index in [-0.39, 0.29) is 0 Å². The Morgan fingerprint density at radius 3 is 2.54 bits per heavy atom. The third kappa shape index (κ3) is 3.54. The van der Waals surface area contributed by atoms with Crippen molar-refractivity contribution in [2.24, 2.45) is 0 Å². The van der Waals surface area contributed by atoms with Crippen molar-refractivity contribution in [2.75, 3.05) is 7.11 Å². The monoisotopic (exact) mass is 392 g/mol. The van der Waals surface area contributed by atoms with Gasteiger partial charge in [-0.3, -0.25) is 0 Å². The minimum absolute atomic E-state index is 0.341. The standard InChI is InChI=1S/C22H16O5S/c1-13-6-8-14(9-7-13)21(23)26-17-11-18(15-4-3-5-16(10-15)25-2)20-19(12-17)28-22(24)27-20/h3-12H,1-2H3. The van der Waals surface area contributed by atoms with Gasteiger partial charge in [-0.1, -0.05) is 41.2 Å². The zero-order valence-electron chi connectivity index (χ0n) is 15.2. The molecule has 6 heteroatoms. The second-order valence-electron chi connectivity index (χ2n) is 6.24. The molecule has 0 bridgehead atoms. The lowest BCUT2D eigenvalue weighted by Gasteiger charge is -2.09. The van der Waals surface area contributed by atoms with Crippen LogP contribution in [0.3, 0.4) is 0 Å². The van der Waals surface area contributed by atoms with Crippen molar-refractivity contribution in [3.05, 3.63) is 81.5 Å². The summed E-state index contributed by atoms with van der Waals surface area (Å²) in [5.41, 5.74) is 3.41. The van der Waals surface area contributed by atoms with Crippen molar-refractivity contribution in [2.45, 2.75) is 6.92 Å². The number of carbonyl (C=O) groups excluding carboxylic acids is 1. The molecule has 0 atom stereocenters. The highest BCUT2D eigenvalue weighted by molar-refractivity contribution is 7.16. The predicted octanol–water partition coefficient (Wildman–Crippen LogP) is 5.06. The molecule has 0 spiro atoms. The molecule has 0 aliphatic carbocycles. The average Bonchev–Trinajstić information content (AvgIpc) is 3.08. The average molecular weight is 392 g/mol. The Morgan fingerprint density at radius 2 is 1.79 bits per heavy atom. The molecular weight excluding hydrogens is 376 g/mol. The summed E-state index contributed by atoms with van der Waals surface area (Å²) in [6.45, 7) is 1.95. The van der Waals surface area contributed by atoms with Gasteiger partial charge in [-0.2, -0.15) is 0 Å². The summed E-state index contributed by atoms with van der Waals surface area (Å²) in [5.74, 6) is 0.546. The summed E-state index contributed by atoms with van der Waals surface area (Å²) in [6.07, 6.45) is 0. The number of rotatable bonds is 4. The highest BCUT2D eigenvalue weighted by Gasteiger charge is 2.16. The Balaban J connectivity index is 1.78. The number of aryl methyl sites for hydroxylation is 1. The fourth-order valence-electron chi connectivity index (χ4n) is 2.87. The summed E-state index contributed by atoms with van der Waals surface area (Å²) >= 11 is 0.965. The minimum Gasteiger partial charge on any atom is -0.497 e. The molecule has 140 valence electrons. The third-order valence-corrected chi connectivity index (χ3v) is 5.06. The second-order valence-corrected chi connectivity index (χ2v) is 7.22. The van der Waals surface area contributed by atoms with Gasteiger partial charge in [0.25, 0.3) is 0 Å². The first-order valence-corrected chi connectivity index (χ1v) is 9.36. The van der Waals surface area contributed by atoms with E-state index in [1.807, 2.05) is 43.3 Å². The molecule has 1 heterocycles. The van der Waals surface area contributed by atoms with Gasteiger partial charge >= 0.3 is 10.9 Å². The summed E-state index contributed by atoms with van der Waals surface area (Å²) in [7, 11) is 1.58. The number of hydrogen-bond acceptors (Lipinski definition) is 6. The molecule has 0 saturated carbocycles. The molecule has 1 aromatic heterocycles. The van der Waals surface area contributed by atoms with Crippen LogP contribution in [0.5, 0.6) is 11.5 Å². The lowest BCUT2D eigenvalue weighted by atomic mass is 10.0. The smallest absolute Gasteiger partial charge is 0.396 e. The SMILES string of the molecule is COc1cccc(-c2cc(OC(=O)c3ccc(C)cc3)cc3sc(=O)oc23)c1. The summed E-state index contributed by atoms with van der Waals surface area (Å²) in [5, 5.41) is 0. The van der Waals surface area contributed by atoms with Crippen LogP contribution in [0, 0.1) is 6.92 Å². The lowest BCUT2D eigenvalue weighted by Crippen LogP contribution is -2.08. The molecular formula is C22H16O5S. The Bertz CT molecular complexity index is 1220. The van der Waals surface area contributed by atoms with E-state index < -0.39 is 10.9 Å². The highest BCUT2D eigenvalue weighted by atomic mass is 32.1. The van der Waals surface area contributed by atoms with E-state index in [1.165, 1.54) is 0 Å². The molecule has 28 heavy (non-hydrogen) atoms. The maximum Gasteiger partial charge on any atom is 0.396 e. The quantitative estimate of drug-likeness (QED) is 0.359. The van der Waals surface area contributed by atoms with E-state index in [0.29, 0.717) is 32.9 Å². The Kier molecular flexibility index (Phi) is 4.71. The molecule has 0 saturated heterocycles. The molecule has 3 aromatic carbocycles. The fraction of sp³-hybridized carbons (Fsp3) is 0.0909. The van der Waals surface area contributed by atoms with Crippen molar-refractivity contribution in [1.82, 2.24) is 0 Å². The van der Waals surface area contributed by atoms with Crippen molar-refractivity contribution in [3.8, 4) is 22.6 Å². The van der Waals surface area contributed by atoms with Gasteiger partial charge in [-0.15, -0.1) is 0 Å². The molecule has 0 aliphatic heterocycles. The van der Waals surface area contributed by atoms with E-state index in [2.05, 4.69) is 0 Å². The Morgan fingerprint density at radius 1 is 1.00 bits per heavy atom. The number of benzene rings is 3. The van der Waals surface area contributed by atoms with E-state index in [0.717, 1.165) is 22.5 Å². The third-order valence-electron chi connectivity index (χ3n) is 4.29. The first-order chi connectivity index (χ1) is 13.5. The number of fused-ring (bicyclic) bond motifs is 1. The fourth-order valence-corrected chi connectivity index (χ4v) is 3.60. The zero-order valence-corrected chi connectivity index (χ0v) is 16.0. The Labute approximate surface area is 164 Å². The van der Waals surface area contributed by atoms with Gasteiger partial charge in [0.2, 0.25) is 0 Å². The van der Waals surface area contributed by atoms with Crippen LogP contribution in [0.1, 0.15) is 15.9 Å². The molecule has 0 radical (unpaired) electrons. The maximum absolute atomic E-state index is 12.5. The van der Waals surface area contributed by atoms with Crippen LogP contribution in [-0.4, -0.2) is 13.1 Å². The molecule has 4 rings (SSSR count).